The van der Waals surface area contributed by atoms with Gasteiger partial charge in [-0.1, -0.05) is 5.92 Å². The molecule has 0 unspecified atom stereocenters. The number of nitrogens with one attached hydrogen (secondary N) is 1. The molecule has 0 aromatic carbocycles. The predicted octanol–water partition coefficient (Wildman–Crippen LogP) is 1.48. The molecule has 16 heavy (non-hydrogen) atoms. The molecule has 1 saturated heterocycles. The van der Waals surface area contributed by atoms with Crippen LogP contribution in [0, 0.1) is 24.7 Å². The minimum absolute atomic E-state index is 0.680. The minimum atomic E-state index is 0.680. The van der Waals surface area contributed by atoms with Crippen molar-refractivity contribution < 1.29 is 0 Å². The maximum atomic E-state index is 5.30. The van der Waals surface area contributed by atoms with E-state index in [-0.39, 0.29) is 0 Å². The molecule has 88 valence electrons. The first-order chi connectivity index (χ1) is 7.86. The van der Waals surface area contributed by atoms with E-state index in [2.05, 4.69) is 22.1 Å². The van der Waals surface area contributed by atoms with Crippen LogP contribution in [-0.2, 0) is 0 Å². The molecule has 1 fully saturated rings. The van der Waals surface area contributed by atoms with Crippen LogP contribution in [0.2, 0.25) is 0 Å². The lowest BCUT2D eigenvalue weighted by Crippen LogP contribution is -2.42. The maximum absolute atomic E-state index is 5.30. The highest BCUT2D eigenvalue weighted by atomic mass is 15.1. The van der Waals surface area contributed by atoms with Crippen molar-refractivity contribution in [2.24, 2.45) is 0 Å². The van der Waals surface area contributed by atoms with Gasteiger partial charge in [0.1, 0.15) is 0 Å². The number of terminal acetylenes is 2. The van der Waals surface area contributed by atoms with Crippen LogP contribution in [0.4, 0.5) is 0 Å². The molecule has 0 aliphatic carbocycles. The summed E-state index contributed by atoms with van der Waals surface area (Å²) < 4.78 is 0. The number of unbranched alkanes of at least 4 members (excludes halogenated alkanes) is 2. The van der Waals surface area contributed by atoms with E-state index in [9.17, 15) is 0 Å². The fourth-order valence-corrected chi connectivity index (χ4v) is 2.08. The highest BCUT2D eigenvalue weighted by Crippen LogP contribution is 2.09. The molecule has 0 radical (unpaired) electrons. The van der Waals surface area contributed by atoms with Crippen molar-refractivity contribution >= 4 is 0 Å². The van der Waals surface area contributed by atoms with Crippen LogP contribution in [0.5, 0.6) is 0 Å². The Balaban J connectivity index is 2.00. The van der Waals surface area contributed by atoms with E-state index in [0.717, 1.165) is 39.0 Å². The normalized spacial score (nSPS) is 17.9. The van der Waals surface area contributed by atoms with E-state index in [4.69, 9.17) is 12.8 Å². The molecule has 1 aliphatic heterocycles. The summed E-state index contributed by atoms with van der Waals surface area (Å²) in [6.07, 6.45) is 16.2. The highest BCUT2D eigenvalue weighted by Gasteiger charge is 2.17. The van der Waals surface area contributed by atoms with Crippen molar-refractivity contribution in [3.63, 3.8) is 0 Å². The molecule has 1 aliphatic rings. The van der Waals surface area contributed by atoms with Crippen LogP contribution >= 0.6 is 0 Å². The van der Waals surface area contributed by atoms with Gasteiger partial charge in [0.25, 0.3) is 0 Å². The minimum Gasteiger partial charge on any atom is -0.314 e. The van der Waals surface area contributed by atoms with Gasteiger partial charge in [0.15, 0.2) is 0 Å². The van der Waals surface area contributed by atoms with Gasteiger partial charge in [-0.2, -0.15) is 0 Å². The molecule has 2 heteroatoms. The Morgan fingerprint density at radius 2 is 1.88 bits per heavy atom. The molecule has 1 N–H and O–H groups in total. The molecule has 0 aromatic heterocycles. The van der Waals surface area contributed by atoms with E-state index in [1.165, 1.54) is 19.3 Å². The maximum Gasteiger partial charge on any atom is 0.0598 e. The van der Waals surface area contributed by atoms with Crippen molar-refractivity contribution in [3.05, 3.63) is 0 Å². The molecule has 0 aromatic rings. The van der Waals surface area contributed by atoms with Gasteiger partial charge in [-0.05, 0) is 32.2 Å². The SMILES string of the molecule is C#CCCCCNC1CCN(CC#C)CC1. The zero-order valence-electron chi connectivity index (χ0n) is 10.0. The van der Waals surface area contributed by atoms with Gasteiger partial charge >= 0.3 is 0 Å². The molecule has 1 rings (SSSR count). The monoisotopic (exact) mass is 218 g/mol. The number of hydrogen-bond acceptors (Lipinski definition) is 2. The van der Waals surface area contributed by atoms with E-state index in [1.54, 1.807) is 0 Å². The third-order valence-electron chi connectivity index (χ3n) is 3.08. The Hall–Kier alpha value is -0.960. The van der Waals surface area contributed by atoms with Gasteiger partial charge in [-0.25, -0.2) is 0 Å². The predicted molar refractivity (Wildman–Crippen MR) is 69.0 cm³/mol. The second kappa shape index (κ2) is 8.22. The lowest BCUT2D eigenvalue weighted by Gasteiger charge is -2.31. The van der Waals surface area contributed by atoms with Crippen molar-refractivity contribution in [2.45, 2.75) is 38.1 Å². The Morgan fingerprint density at radius 3 is 2.50 bits per heavy atom. The fourth-order valence-electron chi connectivity index (χ4n) is 2.08. The Morgan fingerprint density at radius 1 is 1.12 bits per heavy atom. The highest BCUT2D eigenvalue weighted by molar-refractivity contribution is 4.90. The van der Waals surface area contributed by atoms with Crippen LogP contribution in [0.15, 0.2) is 0 Å². The fraction of sp³-hybridized carbons (Fsp3) is 0.714. The first-order valence-corrected chi connectivity index (χ1v) is 6.19. The molecular weight excluding hydrogens is 196 g/mol. The van der Waals surface area contributed by atoms with Gasteiger partial charge in [0.05, 0.1) is 6.54 Å². The average Bonchev–Trinajstić information content (AvgIpc) is 2.31. The molecular formula is C14H22N2. The van der Waals surface area contributed by atoms with Crippen LogP contribution in [0.3, 0.4) is 0 Å². The summed E-state index contributed by atoms with van der Waals surface area (Å²) in [7, 11) is 0. The van der Waals surface area contributed by atoms with Crippen LogP contribution in [0.25, 0.3) is 0 Å². The summed E-state index contributed by atoms with van der Waals surface area (Å²) in [6.45, 7) is 4.16. The number of rotatable bonds is 6. The van der Waals surface area contributed by atoms with Gasteiger partial charge in [0, 0.05) is 25.6 Å². The first kappa shape index (κ1) is 13.1. The third-order valence-corrected chi connectivity index (χ3v) is 3.08. The molecule has 2 nitrogen and oxygen atoms in total. The topological polar surface area (TPSA) is 15.3 Å². The van der Waals surface area contributed by atoms with Crippen LogP contribution in [0.1, 0.15) is 32.1 Å². The van der Waals surface area contributed by atoms with E-state index in [1.807, 2.05) is 0 Å². The molecule has 0 atom stereocenters. The second-order valence-electron chi connectivity index (χ2n) is 4.37. The summed E-state index contributed by atoms with van der Waals surface area (Å²) in [5.41, 5.74) is 0. The van der Waals surface area contributed by atoms with Crippen molar-refractivity contribution in [2.75, 3.05) is 26.2 Å². The smallest absolute Gasteiger partial charge is 0.0598 e. The number of nitrogens with zero attached hydrogens (tertiary/aromatic N) is 1. The summed E-state index contributed by atoms with van der Waals surface area (Å²) in [6, 6.07) is 0.680. The summed E-state index contributed by atoms with van der Waals surface area (Å²) >= 11 is 0. The average molecular weight is 218 g/mol. The molecule has 1 heterocycles. The molecule has 0 bridgehead atoms. The number of hydrogen-bond donors (Lipinski definition) is 1. The van der Waals surface area contributed by atoms with Gasteiger partial charge in [-0.15, -0.1) is 18.8 Å². The Kier molecular flexibility index (Phi) is 6.74. The second-order valence-corrected chi connectivity index (χ2v) is 4.37. The summed E-state index contributed by atoms with van der Waals surface area (Å²) in [5.74, 6) is 5.38. The van der Waals surface area contributed by atoms with Gasteiger partial charge in [-0.3, -0.25) is 4.90 Å². The molecule has 0 amide bonds. The van der Waals surface area contributed by atoms with E-state index >= 15 is 0 Å². The Bertz CT molecular complexity index is 251. The number of likely N-dealkylation sites (tertiary alicyclic amines) is 1. The van der Waals surface area contributed by atoms with Gasteiger partial charge in [0.2, 0.25) is 0 Å². The van der Waals surface area contributed by atoms with Crippen LogP contribution in [-0.4, -0.2) is 37.1 Å². The third kappa shape index (κ3) is 5.21. The van der Waals surface area contributed by atoms with Crippen molar-refractivity contribution in [3.8, 4) is 24.7 Å². The zero-order chi connectivity index (χ0) is 11.6. The van der Waals surface area contributed by atoms with E-state index < -0.39 is 0 Å². The summed E-state index contributed by atoms with van der Waals surface area (Å²) in [5, 5.41) is 3.60. The molecule has 0 saturated carbocycles. The van der Waals surface area contributed by atoms with Crippen LogP contribution < -0.4 is 5.32 Å². The van der Waals surface area contributed by atoms with Crippen molar-refractivity contribution in [1.29, 1.82) is 0 Å². The standard InChI is InChI=1S/C14H22N2/c1-3-5-6-7-10-15-14-8-12-16(11-4-2)13-9-14/h1-2,14-15H,5-13H2. The largest absolute Gasteiger partial charge is 0.314 e. The summed E-state index contributed by atoms with van der Waals surface area (Å²) in [4.78, 5) is 2.34. The molecule has 0 spiro atoms. The zero-order valence-corrected chi connectivity index (χ0v) is 10.0. The quantitative estimate of drug-likeness (QED) is 0.536. The lowest BCUT2D eigenvalue weighted by molar-refractivity contribution is 0.218. The van der Waals surface area contributed by atoms with Gasteiger partial charge < -0.3 is 5.32 Å². The lowest BCUT2D eigenvalue weighted by atomic mass is 10.0. The Labute approximate surface area is 99.8 Å². The van der Waals surface area contributed by atoms with E-state index in [0.29, 0.717) is 6.04 Å². The first-order valence-electron chi connectivity index (χ1n) is 6.19. The number of piperidine rings is 1. The van der Waals surface area contributed by atoms with Crippen molar-refractivity contribution in [1.82, 2.24) is 10.2 Å².